The Bertz CT molecular complexity index is 694. The molecule has 3 aromatic rings. The Hall–Kier alpha value is -2.01. The van der Waals surface area contributed by atoms with Crippen LogP contribution in [0.5, 0.6) is 5.75 Å². The third kappa shape index (κ3) is 3.55. The van der Waals surface area contributed by atoms with Crippen LogP contribution in [-0.4, -0.2) is 22.1 Å². The molecular weight excluding hydrogens is 282 g/mol. The lowest BCUT2D eigenvalue weighted by atomic mass is 10.1. The zero-order valence-corrected chi connectivity index (χ0v) is 13.3. The van der Waals surface area contributed by atoms with Crippen molar-refractivity contribution in [1.29, 1.82) is 0 Å². The van der Waals surface area contributed by atoms with Crippen molar-refractivity contribution in [2.24, 2.45) is 0 Å². The highest BCUT2D eigenvalue weighted by molar-refractivity contribution is 7.79. The quantitative estimate of drug-likeness (QED) is 0.710. The van der Waals surface area contributed by atoms with Gasteiger partial charge in [-0.3, -0.25) is 4.98 Å². The number of pyridine rings is 1. The molecule has 0 radical (unpaired) electrons. The van der Waals surface area contributed by atoms with E-state index in [0.717, 1.165) is 33.6 Å². The Morgan fingerprint density at radius 1 is 1.19 bits per heavy atom. The van der Waals surface area contributed by atoms with Crippen molar-refractivity contribution >= 4 is 23.7 Å². The average molecular weight is 301 g/mol. The van der Waals surface area contributed by atoms with Crippen molar-refractivity contribution in [2.75, 3.05) is 7.11 Å². The van der Waals surface area contributed by atoms with Crippen molar-refractivity contribution < 1.29 is 4.74 Å². The molecule has 0 saturated carbocycles. The summed E-state index contributed by atoms with van der Waals surface area (Å²) >= 11 is 4.18. The largest absolute Gasteiger partial charge is 0.496 e. The second kappa shape index (κ2) is 7.13. The van der Waals surface area contributed by atoms with Crippen LogP contribution < -0.4 is 4.74 Å². The number of nitrogens with zero attached hydrogens (tertiary/aromatic N) is 2. The lowest BCUT2D eigenvalue weighted by Crippen LogP contribution is -1.97. The van der Waals surface area contributed by atoms with E-state index < -0.39 is 0 Å². The molecule has 21 heavy (non-hydrogen) atoms. The molecule has 0 aliphatic carbocycles. The molecule has 0 saturated heterocycles. The average Bonchev–Trinajstić information content (AvgIpc) is 2.97. The molecule has 0 aliphatic heterocycles. The van der Waals surface area contributed by atoms with Crippen LogP contribution in [0.3, 0.4) is 0 Å². The van der Waals surface area contributed by atoms with E-state index in [1.807, 2.05) is 44.3 Å². The number of para-hydroxylation sites is 2. The van der Waals surface area contributed by atoms with E-state index in [1.54, 1.807) is 13.4 Å². The smallest absolute Gasteiger partial charge is 0.128 e. The van der Waals surface area contributed by atoms with Gasteiger partial charge in [-0.05, 0) is 26.0 Å². The number of benzene rings is 1. The number of ether oxygens (including phenoxy) is 1. The number of aromatic nitrogens is 3. The summed E-state index contributed by atoms with van der Waals surface area (Å²) in [6.45, 7) is 3.99. The molecule has 0 unspecified atom stereocenters. The van der Waals surface area contributed by atoms with E-state index >= 15 is 0 Å². The SMILES string of the molecule is COc1c(C)cnc(CS)c1C.c1ccc2[nH]cnc2c1. The standard InChI is InChI=1S/C9H13NOS.C7H6N2/c1-6-4-10-8(5-12)7(2)9(6)11-3;1-2-4-7-6(3-1)8-5-9-7/h4,12H,5H2,1-3H3;1-5H,(H,8,9). The Labute approximate surface area is 130 Å². The molecule has 0 atom stereocenters. The number of fused-ring (bicyclic) bond motifs is 1. The zero-order chi connectivity index (χ0) is 15.2. The van der Waals surface area contributed by atoms with Gasteiger partial charge in [0.1, 0.15) is 5.75 Å². The summed E-state index contributed by atoms with van der Waals surface area (Å²) in [5.74, 6) is 1.58. The number of aryl methyl sites for hydroxylation is 1. The number of thiol groups is 1. The van der Waals surface area contributed by atoms with Crippen molar-refractivity contribution in [1.82, 2.24) is 15.0 Å². The summed E-state index contributed by atoms with van der Waals surface area (Å²) in [4.78, 5) is 11.3. The molecule has 2 heterocycles. The molecule has 1 aromatic carbocycles. The van der Waals surface area contributed by atoms with Gasteiger partial charge >= 0.3 is 0 Å². The van der Waals surface area contributed by atoms with Crippen LogP contribution in [0, 0.1) is 13.8 Å². The van der Waals surface area contributed by atoms with Gasteiger partial charge in [-0.2, -0.15) is 12.6 Å². The molecule has 1 N–H and O–H groups in total. The highest BCUT2D eigenvalue weighted by atomic mass is 32.1. The van der Waals surface area contributed by atoms with Crippen molar-refractivity contribution in [3.05, 3.63) is 53.6 Å². The molecule has 110 valence electrons. The number of imidazole rings is 1. The summed E-state index contributed by atoms with van der Waals surface area (Å²) in [5.41, 5.74) is 5.27. The summed E-state index contributed by atoms with van der Waals surface area (Å²) in [7, 11) is 1.68. The Morgan fingerprint density at radius 2 is 1.95 bits per heavy atom. The van der Waals surface area contributed by atoms with Crippen molar-refractivity contribution in [3.63, 3.8) is 0 Å². The van der Waals surface area contributed by atoms with E-state index in [9.17, 15) is 0 Å². The minimum atomic E-state index is 0.655. The van der Waals surface area contributed by atoms with E-state index in [0.29, 0.717) is 5.75 Å². The molecule has 2 aromatic heterocycles. The summed E-state index contributed by atoms with van der Waals surface area (Å²) in [5, 5.41) is 0. The van der Waals surface area contributed by atoms with Crippen LogP contribution in [0.1, 0.15) is 16.8 Å². The summed E-state index contributed by atoms with van der Waals surface area (Å²) < 4.78 is 5.24. The van der Waals surface area contributed by atoms with Crippen LogP contribution in [-0.2, 0) is 5.75 Å². The lowest BCUT2D eigenvalue weighted by molar-refractivity contribution is 0.407. The first kappa shape index (κ1) is 15.4. The van der Waals surface area contributed by atoms with E-state index in [-0.39, 0.29) is 0 Å². The van der Waals surface area contributed by atoms with E-state index in [2.05, 4.69) is 27.6 Å². The van der Waals surface area contributed by atoms with Gasteiger partial charge in [0, 0.05) is 23.1 Å². The number of nitrogens with one attached hydrogen (secondary N) is 1. The third-order valence-electron chi connectivity index (χ3n) is 3.23. The molecule has 0 aliphatic rings. The number of aromatic amines is 1. The van der Waals surface area contributed by atoms with Gasteiger partial charge < -0.3 is 9.72 Å². The Kier molecular flexibility index (Phi) is 5.22. The maximum absolute atomic E-state index is 5.24. The molecule has 0 amide bonds. The maximum atomic E-state index is 5.24. The zero-order valence-electron chi connectivity index (χ0n) is 12.4. The van der Waals surface area contributed by atoms with Gasteiger partial charge in [0.2, 0.25) is 0 Å². The highest BCUT2D eigenvalue weighted by Gasteiger charge is 2.07. The number of hydrogen-bond donors (Lipinski definition) is 2. The number of hydrogen-bond acceptors (Lipinski definition) is 4. The fourth-order valence-electron chi connectivity index (χ4n) is 2.11. The monoisotopic (exact) mass is 301 g/mol. The van der Waals surface area contributed by atoms with E-state index in [1.165, 1.54) is 0 Å². The minimum absolute atomic E-state index is 0.655. The fourth-order valence-corrected chi connectivity index (χ4v) is 2.43. The molecule has 5 heteroatoms. The van der Waals surface area contributed by atoms with E-state index in [4.69, 9.17) is 4.74 Å². The highest BCUT2D eigenvalue weighted by Crippen LogP contribution is 2.24. The molecule has 4 nitrogen and oxygen atoms in total. The van der Waals surface area contributed by atoms with Gasteiger partial charge in [-0.25, -0.2) is 4.98 Å². The normalized spacial score (nSPS) is 10.1. The predicted molar refractivity (Wildman–Crippen MR) is 89.0 cm³/mol. The fraction of sp³-hybridized carbons (Fsp3) is 0.250. The van der Waals surface area contributed by atoms with Crippen LogP contribution in [0.4, 0.5) is 0 Å². The first-order valence-electron chi connectivity index (χ1n) is 6.65. The van der Waals surface area contributed by atoms with Crippen LogP contribution >= 0.6 is 12.6 Å². The molecular formula is C16H19N3OS. The Balaban J connectivity index is 0.000000159. The number of H-pyrrole nitrogens is 1. The van der Waals surface area contributed by atoms with Crippen LogP contribution in [0.2, 0.25) is 0 Å². The number of methoxy groups -OCH3 is 1. The van der Waals surface area contributed by atoms with Crippen LogP contribution in [0.15, 0.2) is 36.8 Å². The minimum Gasteiger partial charge on any atom is -0.496 e. The number of rotatable bonds is 2. The first-order chi connectivity index (χ1) is 10.2. The van der Waals surface area contributed by atoms with Crippen LogP contribution in [0.25, 0.3) is 11.0 Å². The van der Waals surface area contributed by atoms with Gasteiger partial charge in [0.25, 0.3) is 0 Å². The van der Waals surface area contributed by atoms with Gasteiger partial charge in [-0.15, -0.1) is 0 Å². The van der Waals surface area contributed by atoms with Crippen molar-refractivity contribution in [3.8, 4) is 5.75 Å². The predicted octanol–water partition coefficient (Wildman–Crippen LogP) is 3.70. The van der Waals surface area contributed by atoms with Gasteiger partial charge in [0.15, 0.2) is 0 Å². The summed E-state index contributed by atoms with van der Waals surface area (Å²) in [6.07, 6.45) is 3.52. The second-order valence-corrected chi connectivity index (χ2v) is 4.94. The molecule has 0 fully saturated rings. The van der Waals surface area contributed by atoms with Gasteiger partial charge in [0.05, 0.1) is 30.2 Å². The molecule has 0 spiro atoms. The van der Waals surface area contributed by atoms with Gasteiger partial charge in [-0.1, -0.05) is 12.1 Å². The van der Waals surface area contributed by atoms with Crippen molar-refractivity contribution in [2.45, 2.75) is 19.6 Å². The molecule has 3 rings (SSSR count). The third-order valence-corrected chi connectivity index (χ3v) is 3.53. The maximum Gasteiger partial charge on any atom is 0.128 e. The summed E-state index contributed by atoms with van der Waals surface area (Å²) in [6, 6.07) is 7.94. The Morgan fingerprint density at radius 3 is 2.62 bits per heavy atom. The second-order valence-electron chi connectivity index (χ2n) is 4.62. The lowest BCUT2D eigenvalue weighted by Gasteiger charge is -2.10. The molecule has 0 bridgehead atoms. The first-order valence-corrected chi connectivity index (χ1v) is 7.28. The topological polar surface area (TPSA) is 50.8 Å².